The molecule has 1 aromatic carbocycles. The molecule has 4 unspecified atom stereocenters. The highest BCUT2D eigenvalue weighted by molar-refractivity contribution is 5.80. The van der Waals surface area contributed by atoms with Gasteiger partial charge in [-0.05, 0) is 69.2 Å². The van der Waals surface area contributed by atoms with Crippen LogP contribution in [0.25, 0.3) is 0 Å². The largest absolute Gasteiger partial charge is 0.469 e. The zero-order chi connectivity index (χ0) is 57.8. The summed E-state index contributed by atoms with van der Waals surface area (Å²) in [7, 11) is 7.55. The fourth-order valence-corrected chi connectivity index (χ4v) is 7.73. The lowest BCUT2D eigenvalue weighted by Crippen LogP contribution is -2.43. The van der Waals surface area contributed by atoms with Gasteiger partial charge in [-0.2, -0.15) is 10.2 Å². The first-order chi connectivity index (χ1) is 38.6. The Hall–Kier alpha value is -4.42. The van der Waals surface area contributed by atoms with Crippen molar-refractivity contribution in [3.63, 3.8) is 0 Å². The second kappa shape index (κ2) is 51.7. The molecule has 0 N–H and O–H groups in total. The highest BCUT2D eigenvalue weighted by Gasteiger charge is 2.24. The molecule has 0 radical (unpaired) electrons. The predicted octanol–water partition coefficient (Wildman–Crippen LogP) is 8.18. The minimum absolute atomic E-state index is 0.0466. The molecule has 21 nitrogen and oxygen atoms in total. The van der Waals surface area contributed by atoms with Crippen LogP contribution in [0, 0.1) is 18.8 Å². The lowest BCUT2D eigenvalue weighted by molar-refractivity contribution is -0.154. The topological polar surface area (TPSA) is 225 Å². The number of allylic oxidation sites excluding steroid dienone is 4. The van der Waals surface area contributed by atoms with E-state index in [2.05, 4.69) is 35.0 Å². The minimum Gasteiger partial charge on any atom is -0.469 e. The Labute approximate surface area is 471 Å². The van der Waals surface area contributed by atoms with E-state index >= 15 is 0 Å². The number of esters is 4. The molecule has 0 spiro atoms. The number of rotatable bonds is 54. The number of carbonyl (C=O) groups excluding carboxylic acids is 4. The Kier molecular flexibility index (Phi) is 47.5. The van der Waals surface area contributed by atoms with E-state index in [1.807, 2.05) is 43.4 Å². The molecule has 0 aliphatic carbocycles. The highest BCUT2D eigenvalue weighted by Crippen LogP contribution is 2.26. The van der Waals surface area contributed by atoms with Gasteiger partial charge in [-0.25, -0.2) is 0 Å². The van der Waals surface area contributed by atoms with Crippen molar-refractivity contribution in [3.8, 4) is 0 Å². The monoisotopic (exact) mass is 1130 g/mol. The predicted molar refractivity (Wildman–Crippen MR) is 300 cm³/mol. The molecule has 0 aromatic heterocycles. The van der Waals surface area contributed by atoms with Crippen LogP contribution < -0.4 is 4.90 Å². The van der Waals surface area contributed by atoms with Crippen molar-refractivity contribution >= 4 is 35.3 Å². The molecule has 0 aliphatic rings. The van der Waals surface area contributed by atoms with Crippen molar-refractivity contribution < 1.29 is 85.5 Å². The van der Waals surface area contributed by atoms with Crippen LogP contribution in [0.4, 0.5) is 11.4 Å². The van der Waals surface area contributed by atoms with Gasteiger partial charge in [0.25, 0.3) is 0 Å². The third-order valence-corrected chi connectivity index (χ3v) is 12.0. The Balaban J connectivity index is 2.44. The van der Waals surface area contributed by atoms with Crippen molar-refractivity contribution in [2.24, 2.45) is 22.1 Å². The van der Waals surface area contributed by atoms with Gasteiger partial charge >= 0.3 is 23.9 Å². The summed E-state index contributed by atoms with van der Waals surface area (Å²) in [5.74, 6) is -2.97. The average Bonchev–Trinajstić information content (AvgIpc) is 3.45. The summed E-state index contributed by atoms with van der Waals surface area (Å²) in [5, 5.41) is 8.19. The normalized spacial score (nSPS) is 13.3. The Morgan fingerprint density at radius 1 is 0.532 bits per heavy atom. The third kappa shape index (κ3) is 39.6. The molecule has 21 heteroatoms. The van der Waals surface area contributed by atoms with Gasteiger partial charge in [-0.15, -0.1) is 0 Å². The second-order valence-electron chi connectivity index (χ2n) is 18.4. The molecule has 454 valence electrons. The molecule has 4 atom stereocenters. The first-order valence-electron chi connectivity index (χ1n) is 28.2. The zero-order valence-corrected chi connectivity index (χ0v) is 49.2. The maximum absolute atomic E-state index is 12.4. The van der Waals surface area contributed by atoms with Crippen molar-refractivity contribution in [1.29, 1.82) is 0 Å². The maximum atomic E-state index is 12.4. The molecule has 0 saturated heterocycles. The number of anilines is 1. The molecular formula is C58H99N3O18. The quantitative estimate of drug-likeness (QED) is 0.0197. The summed E-state index contributed by atoms with van der Waals surface area (Å²) in [5.41, 5.74) is 2.68. The number of hydrogen-bond acceptors (Lipinski definition) is 21. The number of ether oxygens (including phenoxy) is 14. The fraction of sp³-hybridized carbons (Fsp3) is 0.759. The Morgan fingerprint density at radius 3 is 1.28 bits per heavy atom. The van der Waals surface area contributed by atoms with Gasteiger partial charge in [-0.3, -0.25) is 19.2 Å². The maximum Gasteiger partial charge on any atom is 0.309 e. The molecule has 1 aromatic rings. The Morgan fingerprint density at radius 2 is 0.924 bits per heavy atom. The van der Waals surface area contributed by atoms with E-state index in [9.17, 15) is 19.2 Å². The van der Waals surface area contributed by atoms with Crippen molar-refractivity contribution in [2.75, 3.05) is 172 Å². The summed E-state index contributed by atoms with van der Waals surface area (Å²) in [6.45, 7) is 12.7. The molecule has 1 rings (SSSR count). The van der Waals surface area contributed by atoms with Gasteiger partial charge in [0.15, 0.2) is 0 Å². The number of carbonyl (C=O) groups is 4. The summed E-state index contributed by atoms with van der Waals surface area (Å²) in [6, 6.07) is 5.99. The van der Waals surface area contributed by atoms with Gasteiger partial charge in [0.1, 0.15) is 13.2 Å². The number of nitrogens with zero attached hydrogens (tertiary/aromatic N) is 3. The molecule has 79 heavy (non-hydrogen) atoms. The second-order valence-corrected chi connectivity index (χ2v) is 18.4. The van der Waals surface area contributed by atoms with Crippen molar-refractivity contribution in [1.82, 2.24) is 0 Å². The van der Waals surface area contributed by atoms with E-state index in [0.717, 1.165) is 68.3 Å². The number of azo groups is 1. The number of hydrogen-bond donors (Lipinski definition) is 0. The molecule has 0 fully saturated rings. The lowest BCUT2D eigenvalue weighted by atomic mass is 10.0. The number of aryl methyl sites for hydroxylation is 1. The summed E-state index contributed by atoms with van der Waals surface area (Å²) >= 11 is 0. The molecule has 0 saturated carbocycles. The van der Waals surface area contributed by atoms with Crippen LogP contribution in [0.3, 0.4) is 0 Å². The smallest absolute Gasteiger partial charge is 0.309 e. The number of methoxy groups -OCH3 is 4. The Bertz CT molecular complexity index is 1770. The van der Waals surface area contributed by atoms with E-state index in [0.29, 0.717) is 118 Å². The van der Waals surface area contributed by atoms with Gasteiger partial charge in [0.2, 0.25) is 0 Å². The van der Waals surface area contributed by atoms with E-state index < -0.39 is 35.7 Å². The molecule has 0 aliphatic heterocycles. The van der Waals surface area contributed by atoms with Gasteiger partial charge < -0.3 is 71.2 Å². The standard InChI is InChI=1S/C58H99N3O18/c1-9-11-13-15-17-19-21-49(57(64)68-7)42-55(62)78-39-35-74-30-28-71-26-25-70-27-29-72-33-37-76-52(46-66-5)44-61(51-23-24-54(60-59-4)48(3)41-51)45-53(47-67-6)77-38-34-73-31-32-75-36-40-79-56(63)43-50(58(65)69-8)22-20-18-16-14-12-10-2/h17-20,23-24,41,49-50,52-53H,9-16,21-22,25-40,42-47H2,1-8H3/b19-17+,20-18+,60-59?. The zero-order valence-electron chi connectivity index (χ0n) is 49.2. The van der Waals surface area contributed by atoms with Crippen LogP contribution >= 0.6 is 0 Å². The summed E-state index contributed by atoms with van der Waals surface area (Å²) < 4.78 is 77.9. The molecule has 0 heterocycles. The van der Waals surface area contributed by atoms with Crippen LogP contribution in [0.5, 0.6) is 0 Å². The number of benzene rings is 1. The summed E-state index contributed by atoms with van der Waals surface area (Å²) in [4.78, 5) is 51.3. The van der Waals surface area contributed by atoms with E-state index in [-0.39, 0.29) is 51.5 Å². The van der Waals surface area contributed by atoms with Crippen LogP contribution in [0.1, 0.15) is 96.5 Å². The van der Waals surface area contributed by atoms with E-state index in [1.165, 1.54) is 14.2 Å². The van der Waals surface area contributed by atoms with Crippen LogP contribution in [0.15, 0.2) is 52.7 Å². The summed E-state index contributed by atoms with van der Waals surface area (Å²) in [6.07, 6.45) is 16.8. The first kappa shape index (κ1) is 72.6. The minimum atomic E-state index is -0.588. The third-order valence-electron chi connectivity index (χ3n) is 12.0. The molecule has 0 amide bonds. The lowest BCUT2D eigenvalue weighted by Gasteiger charge is -2.32. The fourth-order valence-electron chi connectivity index (χ4n) is 7.73. The molecule has 0 bridgehead atoms. The van der Waals surface area contributed by atoms with Crippen LogP contribution in [-0.4, -0.2) is 204 Å². The number of unbranched alkanes of at least 4 members (excludes halogenated alkanes) is 6. The van der Waals surface area contributed by atoms with E-state index in [1.54, 1.807) is 21.3 Å². The van der Waals surface area contributed by atoms with Crippen molar-refractivity contribution in [2.45, 2.75) is 110 Å². The SMILES string of the molecule is CCCCC/C=C/CC(CC(=O)OCCOCCOCCOCCOCCOC(COC)CN(CC(COC)OCCOCCOCCOC(=O)CC(C/C=C/CCCCC)C(=O)OC)c1ccc(N=NC)c(C)c1)C(=O)OC. The molecular weight excluding hydrogens is 1030 g/mol. The van der Waals surface area contributed by atoms with E-state index in [4.69, 9.17) is 66.3 Å². The van der Waals surface area contributed by atoms with Crippen LogP contribution in [0.2, 0.25) is 0 Å². The van der Waals surface area contributed by atoms with Gasteiger partial charge in [0, 0.05) is 40.0 Å². The van der Waals surface area contributed by atoms with Crippen LogP contribution in [-0.2, 0) is 85.5 Å². The van der Waals surface area contributed by atoms with Crippen molar-refractivity contribution in [3.05, 3.63) is 48.1 Å². The van der Waals surface area contributed by atoms with Gasteiger partial charge in [-0.1, -0.05) is 63.8 Å². The average molecular weight is 1130 g/mol. The first-order valence-corrected chi connectivity index (χ1v) is 28.2. The highest BCUT2D eigenvalue weighted by atomic mass is 16.6. The van der Waals surface area contributed by atoms with Gasteiger partial charge in [0.05, 0.1) is 163 Å².